The first-order valence-corrected chi connectivity index (χ1v) is 6.88. The largest absolute Gasteiger partial charge is 0.322 e. The van der Waals surface area contributed by atoms with Gasteiger partial charge in [0, 0.05) is 5.69 Å². The maximum absolute atomic E-state index is 11.1. The lowest BCUT2D eigenvalue weighted by Crippen LogP contribution is -2.00. The summed E-state index contributed by atoms with van der Waals surface area (Å²) in [6.45, 7) is 5.33. The Morgan fingerprint density at radius 3 is 2.50 bits per heavy atom. The lowest BCUT2D eigenvalue weighted by atomic mass is 10.3. The second kappa shape index (κ2) is 5.72. The molecule has 0 radical (unpaired) electrons. The molecule has 0 saturated carbocycles. The molecule has 0 aromatic carbocycles. The van der Waals surface area contributed by atoms with Gasteiger partial charge in [0.05, 0.1) is 4.92 Å². The zero-order valence-corrected chi connectivity index (χ0v) is 12.6. The molecule has 20 heavy (non-hydrogen) atoms. The van der Waals surface area contributed by atoms with Crippen LogP contribution in [-0.2, 0) is 0 Å². The van der Waals surface area contributed by atoms with Crippen molar-refractivity contribution < 1.29 is 4.92 Å². The number of aryl methyl sites for hydroxylation is 3. The highest BCUT2D eigenvalue weighted by Crippen LogP contribution is 2.34. The fourth-order valence-corrected chi connectivity index (χ4v) is 3.09. The van der Waals surface area contributed by atoms with E-state index in [1.807, 2.05) is 26.0 Å². The lowest BCUT2D eigenvalue weighted by Gasteiger charge is -2.05. The van der Waals surface area contributed by atoms with Gasteiger partial charge in [-0.25, -0.2) is 15.0 Å². The molecule has 0 aliphatic carbocycles. The first-order valence-electron chi connectivity index (χ1n) is 5.68. The molecule has 2 rings (SSSR count). The van der Waals surface area contributed by atoms with Gasteiger partial charge in [0.2, 0.25) is 5.28 Å². The highest BCUT2D eigenvalue weighted by molar-refractivity contribution is 7.99. The van der Waals surface area contributed by atoms with Gasteiger partial charge in [0.15, 0.2) is 5.03 Å². The number of pyridine rings is 1. The summed E-state index contributed by atoms with van der Waals surface area (Å²) in [5.74, 6) is 0. The first kappa shape index (κ1) is 14.7. The summed E-state index contributed by atoms with van der Waals surface area (Å²) in [7, 11) is 0. The number of rotatable bonds is 3. The van der Waals surface area contributed by atoms with Gasteiger partial charge >= 0.3 is 5.69 Å². The average Bonchev–Trinajstić information content (AvgIpc) is 2.25. The van der Waals surface area contributed by atoms with E-state index in [0.717, 1.165) is 23.0 Å². The SMILES string of the molecule is Cc1cc(C)nc(Sc2nc(Cl)nc(C)c2[N+](=O)[O-])c1. The molecule has 8 heteroatoms. The summed E-state index contributed by atoms with van der Waals surface area (Å²) in [6.07, 6.45) is 0. The van der Waals surface area contributed by atoms with E-state index in [0.29, 0.717) is 5.03 Å². The molecule has 0 atom stereocenters. The number of nitro groups is 1. The molecule has 2 aromatic rings. The highest BCUT2D eigenvalue weighted by Gasteiger charge is 2.23. The van der Waals surface area contributed by atoms with Crippen molar-refractivity contribution in [2.75, 3.05) is 0 Å². The molecule has 0 fully saturated rings. The normalized spacial score (nSPS) is 10.6. The Hall–Kier alpha value is -1.73. The lowest BCUT2D eigenvalue weighted by molar-refractivity contribution is -0.389. The van der Waals surface area contributed by atoms with Crippen molar-refractivity contribution >= 4 is 29.1 Å². The van der Waals surface area contributed by atoms with Gasteiger partial charge in [-0.3, -0.25) is 10.1 Å². The first-order chi connectivity index (χ1) is 9.36. The molecule has 0 amide bonds. The topological polar surface area (TPSA) is 81.8 Å². The van der Waals surface area contributed by atoms with Gasteiger partial charge in [0.25, 0.3) is 0 Å². The van der Waals surface area contributed by atoms with Crippen LogP contribution in [0.15, 0.2) is 22.2 Å². The minimum absolute atomic E-state index is 0.0139. The van der Waals surface area contributed by atoms with Crippen LogP contribution in [0.1, 0.15) is 17.0 Å². The van der Waals surface area contributed by atoms with Crippen LogP contribution in [0.2, 0.25) is 5.28 Å². The minimum Gasteiger partial charge on any atom is -0.258 e. The van der Waals surface area contributed by atoms with E-state index in [2.05, 4.69) is 15.0 Å². The molecular formula is C12H11ClN4O2S. The van der Waals surface area contributed by atoms with Crippen molar-refractivity contribution in [2.24, 2.45) is 0 Å². The van der Waals surface area contributed by atoms with E-state index in [1.165, 1.54) is 6.92 Å². The Kier molecular flexibility index (Phi) is 4.20. The number of aromatic nitrogens is 3. The van der Waals surface area contributed by atoms with Gasteiger partial charge in [-0.1, -0.05) is 0 Å². The summed E-state index contributed by atoms with van der Waals surface area (Å²) in [5.41, 5.74) is 1.97. The maximum Gasteiger partial charge on any atom is 0.322 e. The third-order valence-corrected chi connectivity index (χ3v) is 3.52. The van der Waals surface area contributed by atoms with Gasteiger partial charge in [0.1, 0.15) is 10.7 Å². The van der Waals surface area contributed by atoms with Crippen LogP contribution in [0.25, 0.3) is 0 Å². The second-order valence-electron chi connectivity index (χ2n) is 4.22. The molecule has 0 unspecified atom stereocenters. The summed E-state index contributed by atoms with van der Waals surface area (Å²) in [6, 6.07) is 3.77. The fourth-order valence-electron chi connectivity index (χ4n) is 1.74. The van der Waals surface area contributed by atoms with Crippen LogP contribution in [0, 0.1) is 30.9 Å². The van der Waals surface area contributed by atoms with Crippen LogP contribution in [-0.4, -0.2) is 19.9 Å². The molecular weight excluding hydrogens is 300 g/mol. The van der Waals surface area contributed by atoms with Crippen LogP contribution >= 0.6 is 23.4 Å². The van der Waals surface area contributed by atoms with Gasteiger partial charge in [-0.15, -0.1) is 0 Å². The Morgan fingerprint density at radius 2 is 1.90 bits per heavy atom. The van der Waals surface area contributed by atoms with Gasteiger partial charge in [-0.2, -0.15) is 0 Å². The number of hydrogen-bond acceptors (Lipinski definition) is 6. The van der Waals surface area contributed by atoms with Crippen molar-refractivity contribution in [3.05, 3.63) is 44.5 Å². The molecule has 0 saturated heterocycles. The maximum atomic E-state index is 11.1. The predicted molar refractivity (Wildman–Crippen MR) is 76.3 cm³/mol. The average molecular weight is 311 g/mol. The summed E-state index contributed by atoms with van der Waals surface area (Å²) >= 11 is 6.89. The van der Waals surface area contributed by atoms with E-state index >= 15 is 0 Å². The number of nitrogens with zero attached hydrogens (tertiary/aromatic N) is 4. The Balaban J connectivity index is 2.49. The smallest absolute Gasteiger partial charge is 0.258 e. The molecule has 2 aromatic heterocycles. The van der Waals surface area contributed by atoms with E-state index in [1.54, 1.807) is 0 Å². The Bertz CT molecular complexity index is 673. The molecule has 104 valence electrons. The van der Waals surface area contributed by atoms with Crippen molar-refractivity contribution in [1.82, 2.24) is 15.0 Å². The standard InChI is InChI=1S/C12H11ClN4O2S/c1-6-4-7(2)14-9(5-6)20-11-10(17(18)19)8(3)15-12(13)16-11/h4-5H,1-3H3. The van der Waals surface area contributed by atoms with Crippen LogP contribution in [0.4, 0.5) is 5.69 Å². The predicted octanol–water partition coefficient (Wildman–Crippen LogP) is 3.51. The van der Waals surface area contributed by atoms with Crippen molar-refractivity contribution in [2.45, 2.75) is 30.8 Å². The number of hydrogen-bond donors (Lipinski definition) is 0. The molecule has 0 spiro atoms. The molecule has 2 heterocycles. The Morgan fingerprint density at radius 1 is 1.20 bits per heavy atom. The highest BCUT2D eigenvalue weighted by atomic mass is 35.5. The monoisotopic (exact) mass is 310 g/mol. The molecule has 0 N–H and O–H groups in total. The van der Waals surface area contributed by atoms with Crippen molar-refractivity contribution in [3.8, 4) is 0 Å². The van der Waals surface area contributed by atoms with E-state index in [9.17, 15) is 10.1 Å². The quantitative estimate of drug-likeness (QED) is 0.373. The zero-order chi connectivity index (χ0) is 14.9. The van der Waals surface area contributed by atoms with Crippen LogP contribution in [0.5, 0.6) is 0 Å². The van der Waals surface area contributed by atoms with Crippen molar-refractivity contribution in [3.63, 3.8) is 0 Å². The number of halogens is 1. The molecule has 0 aliphatic rings. The zero-order valence-electron chi connectivity index (χ0n) is 11.0. The minimum atomic E-state index is -0.503. The second-order valence-corrected chi connectivity index (χ2v) is 5.56. The van der Waals surface area contributed by atoms with Gasteiger partial charge < -0.3 is 0 Å². The van der Waals surface area contributed by atoms with Crippen LogP contribution < -0.4 is 0 Å². The third-order valence-electron chi connectivity index (χ3n) is 2.46. The van der Waals surface area contributed by atoms with Crippen LogP contribution in [0.3, 0.4) is 0 Å². The Labute approximate surface area is 124 Å². The summed E-state index contributed by atoms with van der Waals surface area (Å²) in [4.78, 5) is 22.7. The van der Waals surface area contributed by atoms with E-state index in [4.69, 9.17) is 11.6 Å². The summed E-state index contributed by atoms with van der Waals surface area (Å²) < 4.78 is 0. The third kappa shape index (κ3) is 3.23. The van der Waals surface area contributed by atoms with E-state index in [-0.39, 0.29) is 21.7 Å². The van der Waals surface area contributed by atoms with Gasteiger partial charge in [-0.05, 0) is 61.8 Å². The van der Waals surface area contributed by atoms with Crippen molar-refractivity contribution in [1.29, 1.82) is 0 Å². The molecule has 0 aliphatic heterocycles. The summed E-state index contributed by atoms with van der Waals surface area (Å²) in [5, 5.41) is 12.0. The van der Waals surface area contributed by atoms with E-state index < -0.39 is 4.92 Å². The fraction of sp³-hybridized carbons (Fsp3) is 0.250. The molecule has 0 bridgehead atoms. The molecule has 6 nitrogen and oxygen atoms in total.